The highest BCUT2D eigenvalue weighted by molar-refractivity contribution is 6.43. The topological polar surface area (TPSA) is 51.2 Å². The second kappa shape index (κ2) is 6.22. The van der Waals surface area contributed by atoms with Crippen LogP contribution >= 0.6 is 23.2 Å². The number of benzene rings is 2. The Morgan fingerprint density at radius 3 is 2.68 bits per heavy atom. The predicted molar refractivity (Wildman–Crippen MR) is 87.9 cm³/mol. The first kappa shape index (κ1) is 14.6. The van der Waals surface area contributed by atoms with Gasteiger partial charge >= 0.3 is 6.09 Å². The molecule has 0 aliphatic heterocycles. The molecule has 0 unspecified atom stereocenters. The third-order valence-electron chi connectivity index (χ3n) is 2.99. The normalized spacial score (nSPS) is 10.5. The van der Waals surface area contributed by atoms with Gasteiger partial charge in [-0.05, 0) is 24.3 Å². The third kappa shape index (κ3) is 2.98. The molecule has 1 N–H and O–H groups in total. The summed E-state index contributed by atoms with van der Waals surface area (Å²) in [5.41, 5.74) is 0.990. The average molecular weight is 333 g/mol. The number of amides is 1. The van der Waals surface area contributed by atoms with Crippen molar-refractivity contribution >= 4 is 45.9 Å². The molecular weight excluding hydrogens is 323 g/mol. The zero-order valence-electron chi connectivity index (χ0n) is 11.2. The molecule has 2 aromatic carbocycles. The number of aromatic nitrogens is 1. The monoisotopic (exact) mass is 332 g/mol. The SMILES string of the molecule is O=C(Nc1cccc(Cl)c1Cl)Oc1cccc2cccnc12. The van der Waals surface area contributed by atoms with Crippen molar-refractivity contribution in [3.8, 4) is 5.75 Å². The summed E-state index contributed by atoms with van der Waals surface area (Å²) in [7, 11) is 0. The van der Waals surface area contributed by atoms with Gasteiger partial charge in [0.05, 0.1) is 15.7 Å². The predicted octanol–water partition coefficient (Wildman–Crippen LogP) is 5.15. The number of carbonyl (C=O) groups excluding carboxylic acids is 1. The van der Waals surface area contributed by atoms with Crippen LogP contribution in [0.25, 0.3) is 10.9 Å². The molecule has 0 saturated heterocycles. The van der Waals surface area contributed by atoms with E-state index in [0.29, 0.717) is 22.0 Å². The molecule has 22 heavy (non-hydrogen) atoms. The highest BCUT2D eigenvalue weighted by Gasteiger charge is 2.12. The molecule has 110 valence electrons. The molecule has 0 fully saturated rings. The fraction of sp³-hybridized carbons (Fsp3) is 0. The van der Waals surface area contributed by atoms with Gasteiger partial charge in [0.15, 0.2) is 5.75 Å². The zero-order valence-corrected chi connectivity index (χ0v) is 12.7. The first-order valence-corrected chi connectivity index (χ1v) is 7.17. The Hall–Kier alpha value is -2.30. The number of halogens is 2. The highest BCUT2D eigenvalue weighted by Crippen LogP contribution is 2.30. The fourth-order valence-corrected chi connectivity index (χ4v) is 2.34. The van der Waals surface area contributed by atoms with Gasteiger partial charge in [-0.2, -0.15) is 0 Å². The second-order valence-electron chi connectivity index (χ2n) is 4.45. The molecule has 1 heterocycles. The first-order valence-electron chi connectivity index (χ1n) is 6.42. The molecule has 1 aromatic heterocycles. The largest absolute Gasteiger partial charge is 0.417 e. The molecule has 0 aliphatic rings. The Bertz CT molecular complexity index is 847. The molecule has 0 bridgehead atoms. The van der Waals surface area contributed by atoms with Gasteiger partial charge in [-0.1, -0.05) is 47.5 Å². The third-order valence-corrected chi connectivity index (χ3v) is 3.81. The summed E-state index contributed by atoms with van der Waals surface area (Å²) in [6, 6.07) is 14.0. The molecule has 0 radical (unpaired) electrons. The van der Waals surface area contributed by atoms with Crippen molar-refractivity contribution in [2.75, 3.05) is 5.32 Å². The number of nitrogens with one attached hydrogen (secondary N) is 1. The van der Waals surface area contributed by atoms with Crippen molar-refractivity contribution < 1.29 is 9.53 Å². The van der Waals surface area contributed by atoms with Crippen LogP contribution in [0.2, 0.25) is 10.0 Å². The summed E-state index contributed by atoms with van der Waals surface area (Å²) in [5, 5.41) is 4.06. The number of pyridine rings is 1. The number of hydrogen-bond acceptors (Lipinski definition) is 3. The van der Waals surface area contributed by atoms with Crippen LogP contribution in [0.3, 0.4) is 0 Å². The molecule has 0 spiro atoms. The van der Waals surface area contributed by atoms with Gasteiger partial charge in [-0.3, -0.25) is 10.3 Å². The lowest BCUT2D eigenvalue weighted by molar-refractivity contribution is 0.215. The molecule has 4 nitrogen and oxygen atoms in total. The standard InChI is InChI=1S/C16H10Cl2N2O2/c17-11-6-2-7-12(14(11)18)20-16(21)22-13-8-1-4-10-5-3-9-19-15(10)13/h1-9H,(H,20,21). The Balaban J connectivity index is 1.83. The van der Waals surface area contributed by atoms with E-state index in [-0.39, 0.29) is 5.02 Å². The quantitative estimate of drug-likeness (QED) is 0.705. The number of carbonyl (C=O) groups is 1. The van der Waals surface area contributed by atoms with Crippen molar-refractivity contribution in [1.29, 1.82) is 0 Å². The van der Waals surface area contributed by atoms with Crippen molar-refractivity contribution in [2.24, 2.45) is 0 Å². The van der Waals surface area contributed by atoms with E-state index in [2.05, 4.69) is 10.3 Å². The average Bonchev–Trinajstić information content (AvgIpc) is 2.52. The van der Waals surface area contributed by atoms with E-state index in [9.17, 15) is 4.79 Å². The number of nitrogens with zero attached hydrogens (tertiary/aromatic N) is 1. The van der Waals surface area contributed by atoms with E-state index < -0.39 is 6.09 Å². The number of rotatable bonds is 2. The van der Waals surface area contributed by atoms with E-state index in [1.807, 2.05) is 18.2 Å². The Morgan fingerprint density at radius 1 is 1.05 bits per heavy atom. The first-order chi connectivity index (χ1) is 10.6. The van der Waals surface area contributed by atoms with Crippen molar-refractivity contribution in [2.45, 2.75) is 0 Å². The summed E-state index contributed by atoms with van der Waals surface area (Å²) in [4.78, 5) is 16.2. The van der Waals surface area contributed by atoms with Crippen LogP contribution in [0, 0.1) is 0 Å². The molecule has 0 aliphatic carbocycles. The van der Waals surface area contributed by atoms with Gasteiger partial charge < -0.3 is 4.74 Å². The van der Waals surface area contributed by atoms with Crippen LogP contribution in [0.1, 0.15) is 0 Å². The molecule has 1 amide bonds. The number of hydrogen-bond donors (Lipinski definition) is 1. The zero-order chi connectivity index (χ0) is 15.5. The lowest BCUT2D eigenvalue weighted by Crippen LogP contribution is -2.17. The molecule has 3 aromatic rings. The van der Waals surface area contributed by atoms with Gasteiger partial charge in [0.2, 0.25) is 0 Å². The number of ether oxygens (including phenoxy) is 1. The van der Waals surface area contributed by atoms with Crippen molar-refractivity contribution in [1.82, 2.24) is 4.98 Å². The molecular formula is C16H10Cl2N2O2. The van der Waals surface area contributed by atoms with Gasteiger partial charge in [0.1, 0.15) is 5.52 Å². The van der Waals surface area contributed by atoms with E-state index in [4.69, 9.17) is 27.9 Å². The summed E-state index contributed by atoms with van der Waals surface area (Å²) in [6.07, 6.45) is 0.975. The maximum absolute atomic E-state index is 12.0. The van der Waals surface area contributed by atoms with Crippen LogP contribution in [0.5, 0.6) is 5.75 Å². The molecule has 0 atom stereocenters. The minimum Gasteiger partial charge on any atom is -0.408 e. The molecule has 6 heteroatoms. The highest BCUT2D eigenvalue weighted by atomic mass is 35.5. The lowest BCUT2D eigenvalue weighted by atomic mass is 10.2. The van der Waals surface area contributed by atoms with Gasteiger partial charge in [0, 0.05) is 11.6 Å². The summed E-state index contributed by atoms with van der Waals surface area (Å²) in [6.45, 7) is 0. The maximum atomic E-state index is 12.0. The van der Waals surface area contributed by atoms with Crippen molar-refractivity contribution in [3.63, 3.8) is 0 Å². The number of fused-ring (bicyclic) bond motifs is 1. The summed E-state index contributed by atoms with van der Waals surface area (Å²) < 4.78 is 5.31. The minimum absolute atomic E-state index is 0.261. The van der Waals surface area contributed by atoms with E-state index >= 15 is 0 Å². The number of anilines is 1. The van der Waals surface area contributed by atoms with Gasteiger partial charge in [-0.25, -0.2) is 4.79 Å². The smallest absolute Gasteiger partial charge is 0.408 e. The molecule has 0 saturated carbocycles. The van der Waals surface area contributed by atoms with Crippen LogP contribution in [-0.4, -0.2) is 11.1 Å². The van der Waals surface area contributed by atoms with Gasteiger partial charge in [-0.15, -0.1) is 0 Å². The molecule has 3 rings (SSSR count). The van der Waals surface area contributed by atoms with Gasteiger partial charge in [0.25, 0.3) is 0 Å². The Labute approximate surface area is 136 Å². The van der Waals surface area contributed by atoms with Crippen LogP contribution in [0.15, 0.2) is 54.7 Å². The maximum Gasteiger partial charge on any atom is 0.417 e. The van der Waals surface area contributed by atoms with Crippen LogP contribution in [-0.2, 0) is 0 Å². The van der Waals surface area contributed by atoms with Crippen LogP contribution < -0.4 is 10.1 Å². The number of para-hydroxylation sites is 1. The Kier molecular flexibility index (Phi) is 4.13. The van der Waals surface area contributed by atoms with Crippen LogP contribution in [0.4, 0.5) is 10.5 Å². The van der Waals surface area contributed by atoms with E-state index in [1.165, 1.54) is 0 Å². The van der Waals surface area contributed by atoms with E-state index in [1.54, 1.807) is 36.5 Å². The fourth-order valence-electron chi connectivity index (χ4n) is 1.99. The minimum atomic E-state index is -0.665. The summed E-state index contributed by atoms with van der Waals surface area (Å²) in [5.74, 6) is 0.369. The second-order valence-corrected chi connectivity index (χ2v) is 5.23. The van der Waals surface area contributed by atoms with Crippen molar-refractivity contribution in [3.05, 3.63) is 64.8 Å². The Morgan fingerprint density at radius 2 is 1.82 bits per heavy atom. The lowest BCUT2D eigenvalue weighted by Gasteiger charge is -2.10. The summed E-state index contributed by atoms with van der Waals surface area (Å²) >= 11 is 11.9. The van der Waals surface area contributed by atoms with E-state index in [0.717, 1.165) is 5.39 Å².